The number of carbonyl (C=O) groups is 5. The highest BCUT2D eigenvalue weighted by Crippen LogP contribution is 2.31. The van der Waals surface area contributed by atoms with E-state index in [1.54, 1.807) is 113 Å². The van der Waals surface area contributed by atoms with Gasteiger partial charge in [-0.1, -0.05) is 52.3 Å². The number of hydrogen-bond donors (Lipinski definition) is 4. The van der Waals surface area contributed by atoms with Gasteiger partial charge in [-0.15, -0.1) is 12.4 Å². The number of pyridine rings is 2. The summed E-state index contributed by atoms with van der Waals surface area (Å²) in [5.74, 6) is -4.15. The van der Waals surface area contributed by atoms with E-state index in [0.29, 0.717) is 34.3 Å². The summed E-state index contributed by atoms with van der Waals surface area (Å²) in [6.45, 7) is 5.66. The summed E-state index contributed by atoms with van der Waals surface area (Å²) in [7, 11) is 3.18. The van der Waals surface area contributed by atoms with Gasteiger partial charge in [0.15, 0.2) is 52.0 Å². The number of aromatic carboxylic acids is 1. The molecule has 10 rings (SSSR count). The second-order valence-electron chi connectivity index (χ2n) is 18.3. The highest BCUT2D eigenvalue weighted by molar-refractivity contribution is 9.08. The number of benzene rings is 3. The van der Waals surface area contributed by atoms with E-state index in [0.717, 1.165) is 46.2 Å². The number of nitrogens with zero attached hydrogens (tertiary/aromatic N) is 12. The van der Waals surface area contributed by atoms with Crippen LogP contribution in [-0.2, 0) is 32.7 Å². The number of alkyl halides is 1. The molecule has 5 aromatic heterocycles. The first-order valence-electron chi connectivity index (χ1n) is 25.6. The number of ether oxygens (including phenoxy) is 3. The number of likely N-dealkylation sites (N-methyl/N-ethyl adjacent to an activating group) is 2. The van der Waals surface area contributed by atoms with Gasteiger partial charge >= 0.3 is 11.9 Å². The van der Waals surface area contributed by atoms with E-state index in [2.05, 4.69) is 62.4 Å². The van der Waals surface area contributed by atoms with Crippen LogP contribution in [-0.4, -0.2) is 119 Å². The van der Waals surface area contributed by atoms with Gasteiger partial charge in [-0.3, -0.25) is 38.6 Å². The number of nitrogens with two attached hydrogens (primary N) is 1. The maximum Gasteiger partial charge on any atom is 0.359 e. The van der Waals surface area contributed by atoms with Crippen molar-refractivity contribution in [3.63, 3.8) is 0 Å². The zero-order valence-corrected chi connectivity index (χ0v) is 49.2. The highest BCUT2D eigenvalue weighted by Gasteiger charge is 2.38. The smallest absolute Gasteiger partial charge is 0.359 e. The minimum atomic E-state index is -1.41. The Labute approximate surface area is 510 Å². The van der Waals surface area contributed by atoms with Crippen molar-refractivity contribution in [1.82, 2.24) is 45.0 Å². The number of carbonyl (C=O) groups excluding carboxylic acids is 4. The van der Waals surface area contributed by atoms with Gasteiger partial charge in [-0.05, 0) is 98.1 Å². The van der Waals surface area contributed by atoms with Crippen LogP contribution >= 0.6 is 28.3 Å². The van der Waals surface area contributed by atoms with Gasteiger partial charge in [0.2, 0.25) is 11.6 Å². The third-order valence-electron chi connectivity index (χ3n) is 12.2. The summed E-state index contributed by atoms with van der Waals surface area (Å²) < 4.78 is 58.5. The van der Waals surface area contributed by atoms with Gasteiger partial charge in [-0.2, -0.15) is 31.1 Å². The molecule has 24 nitrogen and oxygen atoms in total. The molecule has 87 heavy (non-hydrogen) atoms. The Bertz CT molecular complexity index is 3860. The fraction of sp³-hybridized carbons (Fsp3) is 0.224. The van der Waals surface area contributed by atoms with Crippen molar-refractivity contribution in [3.8, 4) is 29.7 Å². The number of H-pyrrole nitrogens is 1. The number of halogens is 5. The van der Waals surface area contributed by atoms with Crippen molar-refractivity contribution in [2.24, 2.45) is 5.73 Å². The summed E-state index contributed by atoms with van der Waals surface area (Å²) in [6, 6.07) is 32.4. The number of nitrogens with one attached hydrogen (secondary N) is 2. The fourth-order valence-corrected chi connectivity index (χ4v) is 8.22. The molecule has 8 aromatic rings. The zero-order chi connectivity index (χ0) is 62.6. The lowest BCUT2D eigenvalue weighted by Crippen LogP contribution is -2.53. The molecular formula is C58H54BrClF3N15O9. The van der Waals surface area contributed by atoms with E-state index < -0.39 is 70.8 Å². The van der Waals surface area contributed by atoms with Gasteiger partial charge in [0.1, 0.15) is 24.3 Å². The molecule has 0 saturated carbocycles. The number of amides is 3. The van der Waals surface area contributed by atoms with Crippen LogP contribution in [0.4, 0.5) is 24.8 Å². The molecule has 7 heterocycles. The quantitative estimate of drug-likeness (QED) is 0.0772. The second kappa shape index (κ2) is 32.0. The third kappa shape index (κ3) is 18.0. The number of esters is 1. The summed E-state index contributed by atoms with van der Waals surface area (Å²) in [4.78, 5) is 69.9. The zero-order valence-electron chi connectivity index (χ0n) is 46.8. The molecule has 0 bridgehead atoms. The second-order valence-corrected chi connectivity index (χ2v) is 18.9. The van der Waals surface area contributed by atoms with E-state index >= 15 is 0 Å². The number of rotatable bonds is 10. The SMILES string of the molecule is CCOC(=O)c1[nH]ncc1F.C[C@H]1Oc2cccnc2N(C)C(=O)[C@H]1N.C[C@H]1Oc2cccnc2N(C)C(=O)[C@H]1NC(=O)c1nn(Cc2cccc(C#N)c2)cc1F.Cl.N#Cc1cccc(CBr)c1.N#Cc1cccc(Cn2cc(F)c(C(=O)O)n2)c1. The van der Waals surface area contributed by atoms with Gasteiger partial charge in [-0.25, -0.2) is 32.7 Å². The first-order valence-corrected chi connectivity index (χ1v) is 26.8. The van der Waals surface area contributed by atoms with Crippen molar-refractivity contribution in [2.45, 2.75) is 63.5 Å². The van der Waals surface area contributed by atoms with E-state index in [-0.39, 0.29) is 49.8 Å². The molecule has 2 aliphatic heterocycles. The lowest BCUT2D eigenvalue weighted by Gasteiger charge is -2.23. The van der Waals surface area contributed by atoms with Crippen LogP contribution in [0.15, 0.2) is 128 Å². The third-order valence-corrected chi connectivity index (χ3v) is 12.8. The number of nitriles is 3. The number of aromatic nitrogens is 8. The van der Waals surface area contributed by atoms with Gasteiger partial charge in [0.25, 0.3) is 11.8 Å². The largest absolute Gasteiger partial charge is 0.485 e. The average Bonchev–Trinajstić information content (AvgIpc) is 2.19. The number of carboxylic acid groups (broad SMARTS) is 1. The minimum Gasteiger partial charge on any atom is -0.485 e. The summed E-state index contributed by atoms with van der Waals surface area (Å²) >= 11 is 3.31. The molecule has 0 radical (unpaired) electrons. The van der Waals surface area contributed by atoms with E-state index in [4.69, 9.17) is 36.1 Å². The first-order chi connectivity index (χ1) is 41.2. The van der Waals surface area contributed by atoms with E-state index in [9.17, 15) is 37.1 Å². The number of anilines is 2. The van der Waals surface area contributed by atoms with Crippen molar-refractivity contribution >= 4 is 69.6 Å². The predicted octanol–water partition coefficient (Wildman–Crippen LogP) is 7.27. The predicted molar refractivity (Wildman–Crippen MR) is 312 cm³/mol. The molecule has 5 N–H and O–H groups in total. The van der Waals surface area contributed by atoms with Crippen LogP contribution in [0.3, 0.4) is 0 Å². The Hall–Kier alpha value is -10.5. The number of carboxylic acids is 1. The van der Waals surface area contributed by atoms with Crippen LogP contribution in [0, 0.1) is 51.4 Å². The Morgan fingerprint density at radius 2 is 1.20 bits per heavy atom. The van der Waals surface area contributed by atoms with Crippen LogP contribution in [0.25, 0.3) is 0 Å². The van der Waals surface area contributed by atoms with E-state index in [1.807, 2.05) is 30.3 Å². The minimum absolute atomic E-state index is 0. The molecular weight excluding hydrogens is 1220 g/mol. The number of aromatic amines is 1. The summed E-state index contributed by atoms with van der Waals surface area (Å²) in [6.07, 6.45) is 5.12. The average molecular weight is 1280 g/mol. The Morgan fingerprint density at radius 1 is 0.724 bits per heavy atom. The summed E-state index contributed by atoms with van der Waals surface area (Å²) in [5, 5.41) is 51.4. The van der Waals surface area contributed by atoms with Crippen LogP contribution in [0.2, 0.25) is 0 Å². The van der Waals surface area contributed by atoms with Gasteiger partial charge in [0.05, 0.1) is 73.2 Å². The first kappa shape index (κ1) is 67.3. The monoisotopic (exact) mass is 1280 g/mol. The Balaban J connectivity index is 0.000000214. The Morgan fingerprint density at radius 3 is 1.66 bits per heavy atom. The standard InChI is InChI=1S/C22H19FN6O3.C12H8FN3O2.C10H13N3O2.C8H6BrN.C6H7FN2O2.ClH/c1-13-18(22(31)28(2)20-17(32-13)7-4-8-25-20)26-21(30)19-16(23)12-29(27-19)11-15-6-3-5-14(9-15)10-24;13-10-7-16(15-11(10)12(17)18)6-9-3-1-2-8(4-9)5-14;1-6-8(11)10(14)13(2)9-7(15-6)4-3-5-12-9;9-5-7-2-1-3-8(4-7)6-10;1-2-11-6(10)5-4(7)3-8-9-5;/h3-9,12-13,18H,11H2,1-2H3,(H,26,30);1-4,7H,6H2,(H,17,18);3-6,8H,11H2,1-2H3;1-4H,5H2;3H,2H2,1H3,(H,8,9);1H/t13-,18+;;6-,8+;;;/m1.1.../s1. The molecule has 450 valence electrons. The molecule has 0 aliphatic carbocycles. The molecule has 0 saturated heterocycles. The molecule has 4 atom stereocenters. The topological polar surface area (TPSA) is 339 Å². The van der Waals surface area contributed by atoms with Crippen molar-refractivity contribution in [3.05, 3.63) is 196 Å². The molecule has 3 amide bonds. The normalized spacial score (nSPS) is 15.2. The number of hydrogen-bond acceptors (Lipinski definition) is 17. The molecule has 0 unspecified atom stereocenters. The van der Waals surface area contributed by atoms with Crippen molar-refractivity contribution in [1.29, 1.82) is 15.8 Å². The Kier molecular flexibility index (Phi) is 24.8. The lowest BCUT2D eigenvalue weighted by molar-refractivity contribution is -0.122. The van der Waals surface area contributed by atoms with Gasteiger partial charge in [0, 0.05) is 31.8 Å². The number of fused-ring (bicyclic) bond motifs is 2. The molecule has 0 fully saturated rings. The molecule has 2 aliphatic rings. The molecule has 3 aromatic carbocycles. The van der Waals surface area contributed by atoms with Crippen LogP contribution in [0.1, 0.15) is 85.6 Å². The highest BCUT2D eigenvalue weighted by atomic mass is 79.9. The van der Waals surface area contributed by atoms with Crippen LogP contribution in [0.5, 0.6) is 11.5 Å². The van der Waals surface area contributed by atoms with Crippen molar-refractivity contribution in [2.75, 3.05) is 30.5 Å². The van der Waals surface area contributed by atoms with Gasteiger partial charge < -0.3 is 30.4 Å². The fourth-order valence-electron chi connectivity index (χ4n) is 7.87. The van der Waals surface area contributed by atoms with Crippen molar-refractivity contribution < 1.29 is 56.5 Å². The maximum absolute atomic E-state index is 14.5. The molecule has 0 spiro atoms. The molecule has 29 heteroatoms. The van der Waals surface area contributed by atoms with E-state index in [1.165, 1.54) is 32.4 Å². The van der Waals surface area contributed by atoms with Crippen LogP contribution < -0.4 is 30.3 Å². The lowest BCUT2D eigenvalue weighted by atomic mass is 10.1. The summed E-state index contributed by atoms with van der Waals surface area (Å²) in [5.41, 5.74) is 8.75. The maximum atomic E-state index is 14.5.